The van der Waals surface area contributed by atoms with Gasteiger partial charge in [0.1, 0.15) is 6.04 Å². The zero-order valence-electron chi connectivity index (χ0n) is 11.0. The minimum Gasteiger partial charge on any atom is -0.346 e. The van der Waals surface area contributed by atoms with Crippen LogP contribution < -0.4 is 5.32 Å². The number of hydrogen-bond acceptors (Lipinski definition) is 2. The molecule has 0 aliphatic carbocycles. The van der Waals surface area contributed by atoms with Crippen molar-refractivity contribution in [3.8, 4) is 0 Å². The van der Waals surface area contributed by atoms with Gasteiger partial charge in [-0.15, -0.1) is 0 Å². The zero-order valence-corrected chi connectivity index (χ0v) is 11.0. The maximum Gasteiger partial charge on any atom is 0.104 e. The molecular weight excluding hydrogens is 244 g/mol. The van der Waals surface area contributed by atoms with Crippen LogP contribution in [0.15, 0.2) is 71.7 Å². The fraction of sp³-hybridized carbons (Fsp3) is 0.0556. The number of aliphatic imine (C=N–C) groups is 1. The maximum absolute atomic E-state index is 4.61. The monoisotopic (exact) mass is 258 g/mol. The summed E-state index contributed by atoms with van der Waals surface area (Å²) in [6.45, 7) is 0. The molecule has 4 rings (SSSR count). The number of nitrogens with zero attached hydrogens (tertiary/aromatic N) is 1. The van der Waals surface area contributed by atoms with E-state index in [-0.39, 0.29) is 6.04 Å². The molecule has 3 aromatic rings. The van der Waals surface area contributed by atoms with Crippen LogP contribution in [-0.2, 0) is 0 Å². The Hall–Kier alpha value is -2.61. The number of nitrogens with one attached hydrogen (secondary N) is 1. The van der Waals surface area contributed by atoms with Crippen LogP contribution in [0.5, 0.6) is 0 Å². The third kappa shape index (κ3) is 1.69. The Bertz CT molecular complexity index is 791. The van der Waals surface area contributed by atoms with Crippen molar-refractivity contribution in [3.63, 3.8) is 0 Å². The number of hydrogen-bond donors (Lipinski definition) is 1. The van der Waals surface area contributed by atoms with E-state index in [2.05, 4.69) is 71.0 Å². The van der Waals surface area contributed by atoms with Crippen molar-refractivity contribution in [1.82, 2.24) is 0 Å². The first kappa shape index (κ1) is 11.2. The summed E-state index contributed by atoms with van der Waals surface area (Å²) in [7, 11) is 0. The summed E-state index contributed by atoms with van der Waals surface area (Å²) < 4.78 is 0. The Morgan fingerprint density at radius 2 is 1.60 bits per heavy atom. The van der Waals surface area contributed by atoms with Gasteiger partial charge in [0.25, 0.3) is 0 Å². The van der Waals surface area contributed by atoms with E-state index in [0.717, 1.165) is 0 Å². The molecule has 1 aliphatic heterocycles. The van der Waals surface area contributed by atoms with Gasteiger partial charge in [-0.05, 0) is 10.9 Å². The molecule has 0 bridgehead atoms. The lowest BCUT2D eigenvalue weighted by atomic mass is 9.93. The van der Waals surface area contributed by atoms with Crippen LogP contribution in [0.2, 0.25) is 0 Å². The van der Waals surface area contributed by atoms with Gasteiger partial charge >= 0.3 is 0 Å². The smallest absolute Gasteiger partial charge is 0.104 e. The molecule has 0 saturated carbocycles. The van der Waals surface area contributed by atoms with Crippen molar-refractivity contribution in [2.24, 2.45) is 4.99 Å². The van der Waals surface area contributed by atoms with E-state index >= 15 is 0 Å². The molecule has 0 aromatic heterocycles. The predicted octanol–water partition coefficient (Wildman–Crippen LogP) is 4.38. The van der Waals surface area contributed by atoms with Crippen molar-refractivity contribution in [2.75, 3.05) is 5.32 Å². The first-order chi connectivity index (χ1) is 9.93. The Labute approximate surface area is 117 Å². The summed E-state index contributed by atoms with van der Waals surface area (Å²) in [4.78, 5) is 4.61. The highest BCUT2D eigenvalue weighted by Gasteiger charge is 2.20. The summed E-state index contributed by atoms with van der Waals surface area (Å²) in [6.07, 6.45) is 1.81. The summed E-state index contributed by atoms with van der Waals surface area (Å²) >= 11 is 0. The largest absolute Gasteiger partial charge is 0.346 e. The summed E-state index contributed by atoms with van der Waals surface area (Å²) in [6, 6.07) is 23.3. The molecule has 0 spiro atoms. The predicted molar refractivity (Wildman–Crippen MR) is 84.3 cm³/mol. The first-order valence-electron chi connectivity index (χ1n) is 6.78. The van der Waals surface area contributed by atoms with Crippen LogP contribution in [0.1, 0.15) is 17.2 Å². The molecule has 3 aromatic carbocycles. The summed E-state index contributed by atoms with van der Waals surface area (Å²) in [5, 5.41) is 5.81. The van der Waals surface area contributed by atoms with Gasteiger partial charge in [-0.2, -0.15) is 0 Å². The van der Waals surface area contributed by atoms with E-state index in [1.54, 1.807) is 0 Å². The Morgan fingerprint density at radius 1 is 0.800 bits per heavy atom. The molecule has 1 N–H and O–H groups in total. The minimum absolute atomic E-state index is 0.0806. The Kier molecular flexibility index (Phi) is 2.52. The molecule has 2 heteroatoms. The minimum atomic E-state index is 0.0806. The van der Waals surface area contributed by atoms with Crippen LogP contribution in [0.3, 0.4) is 0 Å². The van der Waals surface area contributed by atoms with Crippen LogP contribution in [0.25, 0.3) is 10.8 Å². The van der Waals surface area contributed by atoms with Crippen LogP contribution in [0.4, 0.5) is 5.69 Å². The second-order valence-corrected chi connectivity index (χ2v) is 4.99. The molecule has 1 unspecified atom stereocenters. The normalized spacial score (nSPS) is 16.7. The van der Waals surface area contributed by atoms with Crippen molar-refractivity contribution < 1.29 is 0 Å². The molecule has 1 atom stereocenters. The molecule has 0 amide bonds. The average molecular weight is 258 g/mol. The van der Waals surface area contributed by atoms with E-state index in [0.29, 0.717) is 0 Å². The van der Waals surface area contributed by atoms with E-state index in [4.69, 9.17) is 0 Å². The van der Waals surface area contributed by atoms with Crippen LogP contribution >= 0.6 is 0 Å². The van der Waals surface area contributed by atoms with Gasteiger partial charge < -0.3 is 5.32 Å². The quantitative estimate of drug-likeness (QED) is 0.688. The molecular formula is C18H14N2. The van der Waals surface area contributed by atoms with E-state index in [9.17, 15) is 0 Å². The van der Waals surface area contributed by atoms with Crippen LogP contribution in [0, 0.1) is 0 Å². The lowest BCUT2D eigenvalue weighted by Gasteiger charge is -2.23. The molecule has 1 heterocycles. The van der Waals surface area contributed by atoms with Gasteiger partial charge in [0.15, 0.2) is 0 Å². The maximum atomic E-state index is 4.61. The van der Waals surface area contributed by atoms with Gasteiger partial charge in [0, 0.05) is 10.9 Å². The average Bonchev–Trinajstić information content (AvgIpc) is 2.55. The van der Waals surface area contributed by atoms with Crippen molar-refractivity contribution in [3.05, 3.63) is 77.9 Å². The fourth-order valence-electron chi connectivity index (χ4n) is 2.83. The molecule has 20 heavy (non-hydrogen) atoms. The summed E-state index contributed by atoms with van der Waals surface area (Å²) in [5.41, 5.74) is 3.63. The number of fused-ring (bicyclic) bond motifs is 3. The Balaban J connectivity index is 1.94. The van der Waals surface area contributed by atoms with Crippen molar-refractivity contribution in [1.29, 1.82) is 0 Å². The molecule has 2 nitrogen and oxygen atoms in total. The molecule has 0 radical (unpaired) electrons. The SMILES string of the molecule is C1=NC(c2ccccc2)c2ccc3ccccc3c2N1. The fourth-order valence-corrected chi connectivity index (χ4v) is 2.83. The number of anilines is 1. The second kappa shape index (κ2) is 4.49. The third-order valence-corrected chi connectivity index (χ3v) is 3.80. The molecule has 0 saturated heterocycles. The van der Waals surface area contributed by atoms with Gasteiger partial charge in [0.05, 0.1) is 12.0 Å². The van der Waals surface area contributed by atoms with Crippen molar-refractivity contribution in [2.45, 2.75) is 6.04 Å². The lowest BCUT2D eigenvalue weighted by molar-refractivity contribution is 0.872. The topological polar surface area (TPSA) is 24.4 Å². The first-order valence-corrected chi connectivity index (χ1v) is 6.78. The standard InChI is InChI=1S/C18H14N2/c1-2-7-14(8-3-1)17-16-11-10-13-6-4-5-9-15(13)18(16)20-12-19-17/h1-12,17H,(H,19,20). The number of rotatable bonds is 1. The Morgan fingerprint density at radius 3 is 2.50 bits per heavy atom. The highest BCUT2D eigenvalue weighted by Crippen LogP contribution is 2.37. The van der Waals surface area contributed by atoms with E-state index < -0.39 is 0 Å². The second-order valence-electron chi connectivity index (χ2n) is 4.99. The van der Waals surface area contributed by atoms with Crippen LogP contribution in [-0.4, -0.2) is 6.34 Å². The molecule has 1 aliphatic rings. The highest BCUT2D eigenvalue weighted by atomic mass is 15.0. The lowest BCUT2D eigenvalue weighted by Crippen LogP contribution is -2.11. The van der Waals surface area contributed by atoms with E-state index in [1.165, 1.54) is 27.6 Å². The van der Waals surface area contributed by atoms with E-state index in [1.807, 2.05) is 12.4 Å². The highest BCUT2D eigenvalue weighted by molar-refractivity contribution is 6.01. The molecule has 96 valence electrons. The molecule has 0 fully saturated rings. The van der Waals surface area contributed by atoms with Gasteiger partial charge in [-0.25, -0.2) is 0 Å². The van der Waals surface area contributed by atoms with Gasteiger partial charge in [-0.3, -0.25) is 4.99 Å². The zero-order chi connectivity index (χ0) is 13.4. The number of benzene rings is 3. The third-order valence-electron chi connectivity index (χ3n) is 3.80. The summed E-state index contributed by atoms with van der Waals surface area (Å²) in [5.74, 6) is 0. The van der Waals surface area contributed by atoms with Gasteiger partial charge in [-0.1, -0.05) is 66.7 Å². The van der Waals surface area contributed by atoms with Gasteiger partial charge in [0.2, 0.25) is 0 Å². The van der Waals surface area contributed by atoms with Crippen molar-refractivity contribution >= 4 is 22.8 Å².